The lowest BCUT2D eigenvalue weighted by Gasteiger charge is -2.18. The minimum absolute atomic E-state index is 0.102. The molecule has 2 N–H and O–H groups in total. The van der Waals surface area contributed by atoms with Crippen LogP contribution in [0.5, 0.6) is 0 Å². The van der Waals surface area contributed by atoms with Crippen LogP contribution in [0.25, 0.3) is 0 Å². The van der Waals surface area contributed by atoms with Crippen molar-refractivity contribution >= 4 is 17.6 Å². The molecule has 1 heterocycles. The van der Waals surface area contributed by atoms with Gasteiger partial charge in [0.2, 0.25) is 5.91 Å². The maximum absolute atomic E-state index is 11.6. The number of carbonyl (C=O) groups is 2. The molecule has 1 saturated heterocycles. The number of imide groups is 1. The molecule has 20 heavy (non-hydrogen) atoms. The van der Waals surface area contributed by atoms with E-state index in [1.807, 2.05) is 24.3 Å². The summed E-state index contributed by atoms with van der Waals surface area (Å²) in [5.74, 6) is -0.173. The van der Waals surface area contributed by atoms with Crippen molar-refractivity contribution in [1.82, 2.24) is 10.2 Å². The molecule has 1 aliphatic heterocycles. The Balaban J connectivity index is 2.06. The summed E-state index contributed by atoms with van der Waals surface area (Å²) in [6.07, 6.45) is 2.13. The molecule has 108 valence electrons. The third-order valence-corrected chi connectivity index (χ3v) is 3.56. The van der Waals surface area contributed by atoms with Gasteiger partial charge in [0.1, 0.15) is 0 Å². The molecule has 0 saturated carbocycles. The number of hydrogen-bond donors (Lipinski definition) is 2. The Morgan fingerprint density at radius 3 is 2.65 bits per heavy atom. The Hall–Kier alpha value is -2.04. The van der Waals surface area contributed by atoms with Gasteiger partial charge in [0.15, 0.2) is 0 Å². The van der Waals surface area contributed by atoms with Crippen molar-refractivity contribution in [3.8, 4) is 0 Å². The summed E-state index contributed by atoms with van der Waals surface area (Å²) in [7, 11) is 0. The van der Waals surface area contributed by atoms with Gasteiger partial charge in [0.25, 0.3) is 0 Å². The van der Waals surface area contributed by atoms with Gasteiger partial charge in [0, 0.05) is 11.7 Å². The molecule has 1 aromatic rings. The monoisotopic (exact) mass is 275 g/mol. The number of amides is 3. The smallest absolute Gasteiger partial charge is 0.324 e. The van der Waals surface area contributed by atoms with E-state index in [0.717, 1.165) is 24.1 Å². The van der Waals surface area contributed by atoms with Gasteiger partial charge in [-0.25, -0.2) is 4.79 Å². The molecule has 3 amide bonds. The fraction of sp³-hybridized carbons (Fsp3) is 0.467. The van der Waals surface area contributed by atoms with Crippen LogP contribution in [0.2, 0.25) is 0 Å². The summed E-state index contributed by atoms with van der Waals surface area (Å²) in [5, 5.41) is 5.99. The molecule has 0 radical (unpaired) electrons. The standard InChI is InChI=1S/C15H21N3O2/c1-3-12(4-2)17-13-7-5-6-11(8-13)10-18-14(19)9-16-15(18)20/h5-8,12,17H,3-4,9-10H2,1-2H3,(H,16,20). The molecule has 0 bridgehead atoms. The molecule has 0 atom stereocenters. The van der Waals surface area contributed by atoms with Crippen molar-refractivity contribution in [3.63, 3.8) is 0 Å². The normalized spacial score (nSPS) is 14.8. The van der Waals surface area contributed by atoms with Crippen LogP contribution in [0.15, 0.2) is 24.3 Å². The van der Waals surface area contributed by atoms with Crippen LogP contribution in [0.4, 0.5) is 10.5 Å². The topological polar surface area (TPSA) is 61.4 Å². The van der Waals surface area contributed by atoms with E-state index >= 15 is 0 Å². The van der Waals surface area contributed by atoms with Crippen molar-refractivity contribution < 1.29 is 9.59 Å². The number of benzene rings is 1. The Bertz CT molecular complexity index is 482. The molecule has 0 aromatic heterocycles. The molecule has 5 heteroatoms. The third kappa shape index (κ3) is 3.29. The van der Waals surface area contributed by atoms with E-state index in [-0.39, 0.29) is 18.5 Å². The minimum atomic E-state index is -0.312. The van der Waals surface area contributed by atoms with Gasteiger partial charge < -0.3 is 10.6 Å². The van der Waals surface area contributed by atoms with Crippen LogP contribution in [-0.4, -0.2) is 29.4 Å². The highest BCUT2D eigenvalue weighted by Gasteiger charge is 2.28. The van der Waals surface area contributed by atoms with E-state index in [0.29, 0.717) is 12.6 Å². The number of rotatable bonds is 6. The first-order valence-corrected chi connectivity index (χ1v) is 7.07. The molecular weight excluding hydrogens is 254 g/mol. The molecule has 0 aliphatic carbocycles. The van der Waals surface area contributed by atoms with E-state index < -0.39 is 0 Å². The first-order chi connectivity index (χ1) is 9.63. The lowest BCUT2D eigenvalue weighted by molar-refractivity contribution is -0.125. The first-order valence-electron chi connectivity index (χ1n) is 7.07. The van der Waals surface area contributed by atoms with Gasteiger partial charge in [0.05, 0.1) is 13.1 Å². The van der Waals surface area contributed by atoms with E-state index in [1.54, 1.807) is 0 Å². The zero-order valence-corrected chi connectivity index (χ0v) is 12.0. The van der Waals surface area contributed by atoms with Crippen LogP contribution in [-0.2, 0) is 11.3 Å². The highest BCUT2D eigenvalue weighted by molar-refractivity contribution is 6.01. The van der Waals surface area contributed by atoms with Gasteiger partial charge in [-0.1, -0.05) is 26.0 Å². The molecule has 1 aromatic carbocycles. The van der Waals surface area contributed by atoms with Crippen molar-refractivity contribution in [2.75, 3.05) is 11.9 Å². The fourth-order valence-electron chi connectivity index (χ4n) is 2.29. The van der Waals surface area contributed by atoms with E-state index in [2.05, 4.69) is 24.5 Å². The lowest BCUT2D eigenvalue weighted by Crippen LogP contribution is -2.30. The van der Waals surface area contributed by atoms with Crippen LogP contribution < -0.4 is 10.6 Å². The van der Waals surface area contributed by atoms with Gasteiger partial charge in [-0.3, -0.25) is 9.69 Å². The Labute approximate surface area is 119 Å². The van der Waals surface area contributed by atoms with Crippen molar-refractivity contribution in [1.29, 1.82) is 0 Å². The quantitative estimate of drug-likeness (QED) is 0.783. The summed E-state index contributed by atoms with van der Waals surface area (Å²) in [6.45, 7) is 4.73. The molecule has 0 spiro atoms. The molecule has 0 unspecified atom stereocenters. The largest absolute Gasteiger partial charge is 0.382 e. The number of carbonyl (C=O) groups excluding carboxylic acids is 2. The second-order valence-electron chi connectivity index (χ2n) is 5.00. The summed E-state index contributed by atoms with van der Waals surface area (Å²) in [4.78, 5) is 24.3. The Kier molecular flexibility index (Phi) is 4.61. The lowest BCUT2D eigenvalue weighted by atomic mass is 10.1. The second-order valence-corrected chi connectivity index (χ2v) is 5.00. The number of hydrogen-bond acceptors (Lipinski definition) is 3. The molecule has 2 rings (SSSR count). The van der Waals surface area contributed by atoms with Crippen LogP contribution in [0.1, 0.15) is 32.3 Å². The highest BCUT2D eigenvalue weighted by Crippen LogP contribution is 2.16. The zero-order valence-electron chi connectivity index (χ0n) is 12.0. The molecule has 1 fully saturated rings. The predicted molar refractivity (Wildman–Crippen MR) is 78.4 cm³/mol. The number of anilines is 1. The molecular formula is C15H21N3O2. The summed E-state index contributed by atoms with van der Waals surface area (Å²) in [6, 6.07) is 8.01. The number of urea groups is 1. The van der Waals surface area contributed by atoms with Crippen molar-refractivity contribution in [3.05, 3.63) is 29.8 Å². The number of nitrogens with one attached hydrogen (secondary N) is 2. The zero-order chi connectivity index (χ0) is 14.5. The summed E-state index contributed by atoms with van der Waals surface area (Å²) < 4.78 is 0. The van der Waals surface area contributed by atoms with Crippen molar-refractivity contribution in [2.24, 2.45) is 0 Å². The van der Waals surface area contributed by atoms with Gasteiger partial charge in [-0.05, 0) is 30.5 Å². The average molecular weight is 275 g/mol. The summed E-state index contributed by atoms with van der Waals surface area (Å²) >= 11 is 0. The highest BCUT2D eigenvalue weighted by atomic mass is 16.2. The predicted octanol–water partition coefficient (Wildman–Crippen LogP) is 2.34. The van der Waals surface area contributed by atoms with Gasteiger partial charge in [-0.2, -0.15) is 0 Å². The molecule has 5 nitrogen and oxygen atoms in total. The van der Waals surface area contributed by atoms with E-state index in [4.69, 9.17) is 0 Å². The van der Waals surface area contributed by atoms with Crippen LogP contribution >= 0.6 is 0 Å². The summed E-state index contributed by atoms with van der Waals surface area (Å²) in [5.41, 5.74) is 1.98. The Morgan fingerprint density at radius 2 is 2.05 bits per heavy atom. The van der Waals surface area contributed by atoms with Gasteiger partial charge >= 0.3 is 6.03 Å². The minimum Gasteiger partial charge on any atom is -0.382 e. The maximum Gasteiger partial charge on any atom is 0.324 e. The second kappa shape index (κ2) is 6.41. The third-order valence-electron chi connectivity index (χ3n) is 3.56. The fourth-order valence-corrected chi connectivity index (χ4v) is 2.29. The average Bonchev–Trinajstić information content (AvgIpc) is 2.77. The Morgan fingerprint density at radius 1 is 1.30 bits per heavy atom. The first kappa shape index (κ1) is 14.4. The maximum atomic E-state index is 11.6. The molecule has 1 aliphatic rings. The van der Waals surface area contributed by atoms with Crippen LogP contribution in [0, 0.1) is 0 Å². The van der Waals surface area contributed by atoms with Crippen LogP contribution in [0.3, 0.4) is 0 Å². The SMILES string of the molecule is CCC(CC)Nc1cccc(CN2C(=O)CNC2=O)c1. The van der Waals surface area contributed by atoms with Gasteiger partial charge in [-0.15, -0.1) is 0 Å². The van der Waals surface area contributed by atoms with Crippen molar-refractivity contribution in [2.45, 2.75) is 39.3 Å². The number of nitrogens with zero attached hydrogens (tertiary/aromatic N) is 1. The van der Waals surface area contributed by atoms with E-state index in [1.165, 1.54) is 4.90 Å². The van der Waals surface area contributed by atoms with E-state index in [9.17, 15) is 9.59 Å².